The minimum absolute atomic E-state index is 0.131. The SMILES string of the molecule is COc1ccc(Cl)cc1NC(=O)Cc1ccc(Cl)cc1Cl. The third-order valence-electron chi connectivity index (χ3n) is 2.80. The number of hydrogen-bond donors (Lipinski definition) is 1. The molecule has 2 aromatic rings. The number of nitrogens with one attached hydrogen (secondary N) is 1. The summed E-state index contributed by atoms with van der Waals surface area (Å²) in [4.78, 5) is 12.1. The molecule has 0 unspecified atom stereocenters. The van der Waals surface area contributed by atoms with E-state index in [1.165, 1.54) is 7.11 Å². The van der Waals surface area contributed by atoms with Gasteiger partial charge in [-0.15, -0.1) is 0 Å². The molecule has 0 fully saturated rings. The van der Waals surface area contributed by atoms with Crippen LogP contribution in [0, 0.1) is 0 Å². The predicted octanol–water partition coefficient (Wildman–Crippen LogP) is 4.84. The van der Waals surface area contributed by atoms with Crippen molar-refractivity contribution < 1.29 is 9.53 Å². The zero-order chi connectivity index (χ0) is 15.4. The minimum atomic E-state index is -0.222. The summed E-state index contributed by atoms with van der Waals surface area (Å²) in [6.07, 6.45) is 0.131. The summed E-state index contributed by atoms with van der Waals surface area (Å²) in [5.41, 5.74) is 1.21. The Balaban J connectivity index is 2.13. The van der Waals surface area contributed by atoms with Crippen LogP contribution in [0.2, 0.25) is 15.1 Å². The van der Waals surface area contributed by atoms with Gasteiger partial charge in [-0.05, 0) is 35.9 Å². The Morgan fingerprint density at radius 2 is 1.76 bits per heavy atom. The van der Waals surface area contributed by atoms with Crippen LogP contribution in [0.15, 0.2) is 36.4 Å². The first kappa shape index (κ1) is 16.0. The van der Waals surface area contributed by atoms with Crippen molar-refractivity contribution in [2.75, 3.05) is 12.4 Å². The second kappa shape index (κ2) is 7.03. The molecule has 3 nitrogen and oxygen atoms in total. The zero-order valence-corrected chi connectivity index (χ0v) is 13.4. The number of methoxy groups -OCH3 is 1. The van der Waals surface area contributed by atoms with E-state index in [1.54, 1.807) is 36.4 Å². The lowest BCUT2D eigenvalue weighted by Gasteiger charge is -2.11. The molecular formula is C15H12Cl3NO2. The number of ether oxygens (including phenoxy) is 1. The lowest BCUT2D eigenvalue weighted by atomic mass is 10.1. The second-order valence-electron chi connectivity index (χ2n) is 4.31. The molecule has 0 aliphatic carbocycles. The Bertz CT molecular complexity index is 674. The molecule has 0 aromatic heterocycles. The van der Waals surface area contributed by atoms with Gasteiger partial charge in [0.1, 0.15) is 5.75 Å². The molecule has 0 aliphatic heterocycles. The molecule has 0 heterocycles. The number of amides is 1. The lowest BCUT2D eigenvalue weighted by Crippen LogP contribution is -2.15. The van der Waals surface area contributed by atoms with Gasteiger partial charge in [0, 0.05) is 15.1 Å². The van der Waals surface area contributed by atoms with Crippen LogP contribution in [0.4, 0.5) is 5.69 Å². The molecule has 2 aromatic carbocycles. The Morgan fingerprint density at radius 1 is 1.10 bits per heavy atom. The number of benzene rings is 2. The molecule has 6 heteroatoms. The molecule has 1 amide bonds. The summed E-state index contributed by atoms with van der Waals surface area (Å²) >= 11 is 17.8. The monoisotopic (exact) mass is 343 g/mol. The van der Waals surface area contributed by atoms with Crippen molar-refractivity contribution in [2.45, 2.75) is 6.42 Å². The summed E-state index contributed by atoms with van der Waals surface area (Å²) in [6, 6.07) is 10.0. The van der Waals surface area contributed by atoms with Crippen LogP contribution >= 0.6 is 34.8 Å². The third kappa shape index (κ3) is 4.27. The highest BCUT2D eigenvalue weighted by Gasteiger charge is 2.11. The van der Waals surface area contributed by atoms with Crippen LogP contribution in [-0.4, -0.2) is 13.0 Å². The summed E-state index contributed by atoms with van der Waals surface area (Å²) in [5, 5.41) is 4.25. The molecule has 0 saturated heterocycles. The number of anilines is 1. The zero-order valence-electron chi connectivity index (χ0n) is 11.1. The summed E-state index contributed by atoms with van der Waals surface area (Å²) in [7, 11) is 1.52. The summed E-state index contributed by atoms with van der Waals surface area (Å²) in [6.45, 7) is 0. The van der Waals surface area contributed by atoms with E-state index in [0.717, 1.165) is 0 Å². The van der Waals surface area contributed by atoms with Crippen molar-refractivity contribution in [3.05, 3.63) is 57.0 Å². The molecule has 1 N–H and O–H groups in total. The van der Waals surface area contributed by atoms with E-state index < -0.39 is 0 Å². The van der Waals surface area contributed by atoms with Gasteiger partial charge in [0.15, 0.2) is 0 Å². The van der Waals surface area contributed by atoms with Gasteiger partial charge in [-0.2, -0.15) is 0 Å². The standard InChI is InChI=1S/C15H12Cl3NO2/c1-21-14-5-4-11(17)8-13(14)19-15(20)6-9-2-3-10(16)7-12(9)18/h2-5,7-8H,6H2,1H3,(H,19,20). The maximum atomic E-state index is 12.1. The quantitative estimate of drug-likeness (QED) is 0.862. The van der Waals surface area contributed by atoms with E-state index in [1.807, 2.05) is 0 Å². The van der Waals surface area contributed by atoms with Crippen LogP contribution in [0.25, 0.3) is 0 Å². The van der Waals surface area contributed by atoms with E-state index in [9.17, 15) is 4.79 Å². The minimum Gasteiger partial charge on any atom is -0.495 e. The number of carbonyl (C=O) groups is 1. The average Bonchev–Trinajstić information content (AvgIpc) is 2.42. The highest BCUT2D eigenvalue weighted by atomic mass is 35.5. The fraction of sp³-hybridized carbons (Fsp3) is 0.133. The second-order valence-corrected chi connectivity index (χ2v) is 5.59. The highest BCUT2D eigenvalue weighted by Crippen LogP contribution is 2.28. The maximum Gasteiger partial charge on any atom is 0.228 e. The van der Waals surface area contributed by atoms with Gasteiger partial charge in [-0.3, -0.25) is 4.79 Å². The molecule has 0 aliphatic rings. The van der Waals surface area contributed by atoms with Crippen molar-refractivity contribution in [3.8, 4) is 5.75 Å². The first-order valence-corrected chi connectivity index (χ1v) is 7.20. The number of hydrogen-bond acceptors (Lipinski definition) is 2. The van der Waals surface area contributed by atoms with Gasteiger partial charge < -0.3 is 10.1 Å². The number of carbonyl (C=O) groups excluding carboxylic acids is 1. The largest absolute Gasteiger partial charge is 0.495 e. The topological polar surface area (TPSA) is 38.3 Å². The van der Waals surface area contributed by atoms with Crippen molar-refractivity contribution in [3.63, 3.8) is 0 Å². The van der Waals surface area contributed by atoms with Gasteiger partial charge >= 0.3 is 0 Å². The van der Waals surface area contributed by atoms with Crippen molar-refractivity contribution in [1.82, 2.24) is 0 Å². The Labute approximate surface area is 137 Å². The van der Waals surface area contributed by atoms with Gasteiger partial charge in [0.2, 0.25) is 5.91 Å². The number of rotatable bonds is 4. The Hall–Kier alpha value is -1.42. The maximum absolute atomic E-state index is 12.1. The van der Waals surface area contributed by atoms with E-state index in [4.69, 9.17) is 39.5 Å². The van der Waals surface area contributed by atoms with E-state index in [0.29, 0.717) is 32.1 Å². The molecular weight excluding hydrogens is 333 g/mol. The molecule has 110 valence electrons. The fourth-order valence-corrected chi connectivity index (χ4v) is 2.46. The van der Waals surface area contributed by atoms with Crippen LogP contribution in [0.3, 0.4) is 0 Å². The first-order valence-electron chi connectivity index (χ1n) is 6.07. The number of halogens is 3. The molecule has 21 heavy (non-hydrogen) atoms. The molecule has 2 rings (SSSR count). The van der Waals surface area contributed by atoms with E-state index >= 15 is 0 Å². The lowest BCUT2D eigenvalue weighted by molar-refractivity contribution is -0.115. The van der Waals surface area contributed by atoms with Gasteiger partial charge in [0.05, 0.1) is 19.2 Å². The fourth-order valence-electron chi connectivity index (χ4n) is 1.81. The average molecular weight is 345 g/mol. The van der Waals surface area contributed by atoms with Crippen LogP contribution in [-0.2, 0) is 11.2 Å². The van der Waals surface area contributed by atoms with Crippen molar-refractivity contribution in [1.29, 1.82) is 0 Å². The Kier molecular flexibility index (Phi) is 5.34. The van der Waals surface area contributed by atoms with Crippen molar-refractivity contribution in [2.24, 2.45) is 0 Å². The smallest absolute Gasteiger partial charge is 0.228 e. The first-order chi connectivity index (χ1) is 9.99. The molecule has 0 saturated carbocycles. The molecule has 0 atom stereocenters. The molecule has 0 spiro atoms. The summed E-state index contributed by atoms with van der Waals surface area (Å²) < 4.78 is 5.17. The van der Waals surface area contributed by atoms with Crippen molar-refractivity contribution >= 4 is 46.4 Å². The van der Waals surface area contributed by atoms with Gasteiger partial charge in [-0.1, -0.05) is 40.9 Å². The normalized spacial score (nSPS) is 10.3. The third-order valence-corrected chi connectivity index (χ3v) is 3.62. The van der Waals surface area contributed by atoms with E-state index in [2.05, 4.69) is 5.32 Å². The highest BCUT2D eigenvalue weighted by molar-refractivity contribution is 6.35. The summed E-state index contributed by atoms with van der Waals surface area (Å²) in [5.74, 6) is 0.315. The van der Waals surface area contributed by atoms with Gasteiger partial charge in [-0.25, -0.2) is 0 Å². The van der Waals surface area contributed by atoms with Crippen LogP contribution in [0.5, 0.6) is 5.75 Å². The predicted molar refractivity (Wildman–Crippen MR) is 86.8 cm³/mol. The van der Waals surface area contributed by atoms with Gasteiger partial charge in [0.25, 0.3) is 0 Å². The Morgan fingerprint density at radius 3 is 2.43 bits per heavy atom. The van der Waals surface area contributed by atoms with E-state index in [-0.39, 0.29) is 12.3 Å². The molecule has 0 radical (unpaired) electrons. The van der Waals surface area contributed by atoms with Crippen LogP contribution < -0.4 is 10.1 Å². The molecule has 0 bridgehead atoms. The van der Waals surface area contributed by atoms with Crippen LogP contribution in [0.1, 0.15) is 5.56 Å².